The van der Waals surface area contributed by atoms with Crippen molar-refractivity contribution in [2.45, 2.75) is 38.7 Å². The number of carbonyl (C=O) groups excluding carboxylic acids is 2. The van der Waals surface area contributed by atoms with Gasteiger partial charge in [0.1, 0.15) is 11.3 Å². The van der Waals surface area contributed by atoms with Crippen LogP contribution in [0, 0.1) is 5.92 Å². The fourth-order valence-electron chi connectivity index (χ4n) is 4.22. The van der Waals surface area contributed by atoms with Crippen LogP contribution in [0.25, 0.3) is 11.0 Å². The Bertz CT molecular complexity index is 1050. The van der Waals surface area contributed by atoms with Crippen molar-refractivity contribution in [2.75, 3.05) is 13.1 Å². The quantitative estimate of drug-likeness (QED) is 0.607. The molecule has 6 heteroatoms. The highest BCUT2D eigenvalue weighted by Gasteiger charge is 2.28. The minimum absolute atomic E-state index is 0.00848. The minimum atomic E-state index is -0.819. The number of fused-ring (bicyclic) bond motifs is 1. The van der Waals surface area contributed by atoms with Gasteiger partial charge in [-0.1, -0.05) is 30.3 Å². The number of esters is 1. The van der Waals surface area contributed by atoms with Crippen molar-refractivity contribution in [3.63, 3.8) is 0 Å². The van der Waals surface area contributed by atoms with Crippen LogP contribution in [0.4, 0.5) is 0 Å². The second-order valence-electron chi connectivity index (χ2n) is 8.21. The van der Waals surface area contributed by atoms with E-state index in [0.717, 1.165) is 24.6 Å². The summed E-state index contributed by atoms with van der Waals surface area (Å²) in [5, 5.41) is 10.3. The number of furan rings is 1. The van der Waals surface area contributed by atoms with E-state index in [1.807, 2.05) is 6.07 Å². The van der Waals surface area contributed by atoms with Gasteiger partial charge in [0.15, 0.2) is 6.10 Å². The molecular formula is C25H27NO5. The molecule has 1 fully saturated rings. The van der Waals surface area contributed by atoms with Crippen molar-refractivity contribution in [3.05, 3.63) is 65.9 Å². The molecular weight excluding hydrogens is 394 g/mol. The van der Waals surface area contributed by atoms with E-state index in [2.05, 4.69) is 24.3 Å². The summed E-state index contributed by atoms with van der Waals surface area (Å²) in [6, 6.07) is 15.2. The van der Waals surface area contributed by atoms with Gasteiger partial charge in [0, 0.05) is 30.1 Å². The summed E-state index contributed by atoms with van der Waals surface area (Å²) in [6.45, 7) is 3.00. The number of likely N-dealkylation sites (tertiary alicyclic amines) is 1. The van der Waals surface area contributed by atoms with Crippen molar-refractivity contribution in [1.82, 2.24) is 4.90 Å². The van der Waals surface area contributed by atoms with Crippen LogP contribution in [-0.2, 0) is 27.2 Å². The summed E-state index contributed by atoms with van der Waals surface area (Å²) in [5.74, 6) is 0.0462. The number of benzene rings is 2. The smallest absolute Gasteiger partial charge is 0.311 e. The van der Waals surface area contributed by atoms with Gasteiger partial charge in [-0.05, 0) is 49.8 Å². The number of phenols is 1. The first kappa shape index (κ1) is 21.0. The number of hydrogen-bond acceptors (Lipinski definition) is 5. The molecule has 0 saturated carbocycles. The Kier molecular flexibility index (Phi) is 6.26. The topological polar surface area (TPSA) is 80.0 Å². The van der Waals surface area contributed by atoms with Crippen LogP contribution in [0.5, 0.6) is 5.75 Å². The first-order chi connectivity index (χ1) is 15.0. The molecule has 162 valence electrons. The molecule has 0 radical (unpaired) electrons. The van der Waals surface area contributed by atoms with E-state index in [9.17, 15) is 14.7 Å². The molecule has 31 heavy (non-hydrogen) atoms. The SMILES string of the molecule is C[C@H](OC(=O)Cc1coc2cc(O)ccc12)C(=O)N1CCC(Cc2ccccc2)CC1. The van der Waals surface area contributed by atoms with Crippen molar-refractivity contribution in [3.8, 4) is 5.75 Å². The van der Waals surface area contributed by atoms with Gasteiger partial charge < -0.3 is 19.2 Å². The molecule has 6 nitrogen and oxygen atoms in total. The molecule has 2 aromatic carbocycles. The average Bonchev–Trinajstić information content (AvgIpc) is 3.16. The molecule has 1 aliphatic heterocycles. The van der Waals surface area contributed by atoms with Gasteiger partial charge in [-0.2, -0.15) is 0 Å². The van der Waals surface area contributed by atoms with Crippen LogP contribution in [0.15, 0.2) is 59.2 Å². The lowest BCUT2D eigenvalue weighted by atomic mass is 9.90. The third-order valence-electron chi connectivity index (χ3n) is 5.92. The number of amides is 1. The predicted molar refractivity (Wildman–Crippen MR) is 117 cm³/mol. The summed E-state index contributed by atoms with van der Waals surface area (Å²) in [4.78, 5) is 26.9. The molecule has 1 N–H and O–H groups in total. The molecule has 1 amide bonds. The summed E-state index contributed by atoms with van der Waals surface area (Å²) in [6.07, 6.45) is 3.61. The number of phenolic OH excluding ortho intramolecular Hbond substituents is 1. The molecule has 0 aliphatic carbocycles. The lowest BCUT2D eigenvalue weighted by molar-refractivity contribution is -0.159. The summed E-state index contributed by atoms with van der Waals surface area (Å²) in [5.41, 5.74) is 2.50. The van der Waals surface area contributed by atoms with Gasteiger partial charge in [-0.3, -0.25) is 9.59 Å². The third kappa shape index (κ3) is 5.08. The molecule has 1 atom stereocenters. The van der Waals surface area contributed by atoms with E-state index >= 15 is 0 Å². The van der Waals surface area contributed by atoms with Crippen LogP contribution in [0.1, 0.15) is 30.9 Å². The van der Waals surface area contributed by atoms with Gasteiger partial charge in [0.25, 0.3) is 5.91 Å². The first-order valence-electron chi connectivity index (χ1n) is 10.7. The van der Waals surface area contributed by atoms with Crippen molar-refractivity contribution in [2.24, 2.45) is 5.92 Å². The normalized spacial score (nSPS) is 15.7. The van der Waals surface area contributed by atoms with E-state index in [-0.39, 0.29) is 18.1 Å². The maximum atomic E-state index is 12.8. The van der Waals surface area contributed by atoms with E-state index in [1.54, 1.807) is 24.0 Å². The Balaban J connectivity index is 1.27. The number of nitrogens with zero attached hydrogens (tertiary/aromatic N) is 1. The fourth-order valence-corrected chi connectivity index (χ4v) is 4.22. The average molecular weight is 421 g/mol. The molecule has 0 unspecified atom stereocenters. The lowest BCUT2D eigenvalue weighted by Crippen LogP contribution is -2.44. The summed E-state index contributed by atoms with van der Waals surface area (Å²) < 4.78 is 10.8. The molecule has 1 saturated heterocycles. The monoisotopic (exact) mass is 421 g/mol. The van der Waals surface area contributed by atoms with Crippen LogP contribution in [0.3, 0.4) is 0 Å². The Morgan fingerprint density at radius 3 is 2.65 bits per heavy atom. The van der Waals surface area contributed by atoms with Gasteiger partial charge >= 0.3 is 5.97 Å². The zero-order valence-corrected chi connectivity index (χ0v) is 17.6. The van der Waals surface area contributed by atoms with Crippen molar-refractivity contribution < 1.29 is 23.8 Å². The summed E-state index contributed by atoms with van der Waals surface area (Å²) >= 11 is 0. The van der Waals surface area contributed by atoms with Crippen molar-refractivity contribution in [1.29, 1.82) is 0 Å². The van der Waals surface area contributed by atoms with E-state index in [0.29, 0.717) is 30.2 Å². The van der Waals surface area contributed by atoms with Gasteiger partial charge in [-0.25, -0.2) is 0 Å². The molecule has 1 aromatic heterocycles. The number of rotatable bonds is 6. The molecule has 0 bridgehead atoms. The largest absolute Gasteiger partial charge is 0.508 e. The maximum absolute atomic E-state index is 12.8. The zero-order valence-electron chi connectivity index (χ0n) is 17.6. The maximum Gasteiger partial charge on any atom is 0.311 e. The Morgan fingerprint density at radius 2 is 1.90 bits per heavy atom. The Morgan fingerprint density at radius 1 is 1.16 bits per heavy atom. The van der Waals surface area contributed by atoms with Crippen LogP contribution in [-0.4, -0.2) is 41.1 Å². The van der Waals surface area contributed by atoms with Crippen molar-refractivity contribution >= 4 is 22.8 Å². The number of hydrogen-bond donors (Lipinski definition) is 1. The first-order valence-corrected chi connectivity index (χ1v) is 10.7. The van der Waals surface area contributed by atoms with Crippen LogP contribution in [0.2, 0.25) is 0 Å². The highest BCUT2D eigenvalue weighted by Crippen LogP contribution is 2.26. The second-order valence-corrected chi connectivity index (χ2v) is 8.21. The highest BCUT2D eigenvalue weighted by atomic mass is 16.5. The standard InChI is InChI=1S/C25H27NO5/c1-17(31-24(28)14-20-16-30-23-15-21(27)7-8-22(20)23)25(29)26-11-9-19(10-12-26)13-18-5-3-2-4-6-18/h2-8,15-17,19,27H,9-14H2,1H3/t17-/m0/s1. The third-order valence-corrected chi connectivity index (χ3v) is 5.92. The lowest BCUT2D eigenvalue weighted by Gasteiger charge is -2.33. The Hall–Kier alpha value is -3.28. The minimum Gasteiger partial charge on any atom is -0.508 e. The predicted octanol–water partition coefficient (Wildman–Crippen LogP) is 4.09. The van der Waals surface area contributed by atoms with E-state index in [1.165, 1.54) is 17.9 Å². The molecule has 1 aliphatic rings. The van der Waals surface area contributed by atoms with E-state index in [4.69, 9.17) is 9.15 Å². The number of carbonyl (C=O) groups is 2. The van der Waals surface area contributed by atoms with Crippen LogP contribution >= 0.6 is 0 Å². The van der Waals surface area contributed by atoms with Gasteiger partial charge in [0.05, 0.1) is 12.7 Å². The Labute approximate surface area is 181 Å². The van der Waals surface area contributed by atoms with E-state index < -0.39 is 12.1 Å². The molecule has 0 spiro atoms. The zero-order chi connectivity index (χ0) is 21.8. The fraction of sp³-hybridized carbons (Fsp3) is 0.360. The van der Waals surface area contributed by atoms with Gasteiger partial charge in [-0.15, -0.1) is 0 Å². The summed E-state index contributed by atoms with van der Waals surface area (Å²) in [7, 11) is 0. The number of piperidine rings is 1. The highest BCUT2D eigenvalue weighted by molar-refractivity contribution is 5.88. The molecule has 4 rings (SSSR count). The van der Waals surface area contributed by atoms with Gasteiger partial charge in [0.2, 0.25) is 0 Å². The second kappa shape index (κ2) is 9.25. The molecule has 2 heterocycles. The van der Waals surface area contributed by atoms with Crippen LogP contribution < -0.4 is 0 Å². The molecule has 3 aromatic rings. The number of aromatic hydroxyl groups is 1. The number of ether oxygens (including phenoxy) is 1.